The quantitative estimate of drug-likeness (QED) is 0.140. The number of amides is 3. The molecule has 3 amide bonds. The number of nitrogens with one attached hydrogen (secondary N) is 3. The number of carbonyl (C=O) groups excluding carboxylic acids is 3. The number of H-pyrrole nitrogens is 1. The van der Waals surface area contributed by atoms with Crippen LogP contribution in [-0.2, 0) is 21.5 Å². The molecule has 0 saturated carbocycles. The van der Waals surface area contributed by atoms with Crippen LogP contribution in [0.25, 0.3) is 33.4 Å². The Kier molecular flexibility index (Phi) is 10.6. The molecule has 6 aromatic rings. The molecule has 2 aliphatic heterocycles. The molecule has 0 spiro atoms. The Morgan fingerprint density at radius 3 is 2.41 bits per heavy atom. The summed E-state index contributed by atoms with van der Waals surface area (Å²) in [5, 5.41) is 22.8. The van der Waals surface area contributed by atoms with Crippen molar-refractivity contribution < 1.29 is 18.9 Å². The van der Waals surface area contributed by atoms with E-state index in [9.17, 15) is 14.4 Å². The summed E-state index contributed by atoms with van der Waals surface area (Å²) in [5.41, 5.74) is 10.2. The van der Waals surface area contributed by atoms with Crippen LogP contribution in [0.3, 0.4) is 0 Å². The molecule has 1 unspecified atom stereocenters. The van der Waals surface area contributed by atoms with Gasteiger partial charge < -0.3 is 14.7 Å². The molecule has 2 aromatic carbocycles. The third-order valence-electron chi connectivity index (χ3n) is 11.7. The highest BCUT2D eigenvalue weighted by Gasteiger charge is 2.32. The van der Waals surface area contributed by atoms with Gasteiger partial charge in [0.15, 0.2) is 11.5 Å². The Balaban J connectivity index is 0.882. The lowest BCUT2D eigenvalue weighted by Gasteiger charge is -2.36. The molecule has 2 atom stereocenters. The van der Waals surface area contributed by atoms with E-state index in [0.29, 0.717) is 24.3 Å². The molecular formula is C44H51N11O4. The number of aromatic nitrogens is 7. The molecule has 15 heteroatoms. The average molecular weight is 798 g/mol. The number of aryl methyl sites for hydroxylation is 2. The number of nitrogens with zero attached hydrogens (tertiary/aromatic N) is 8. The Morgan fingerprint density at radius 2 is 1.71 bits per heavy atom. The van der Waals surface area contributed by atoms with Crippen LogP contribution >= 0.6 is 0 Å². The van der Waals surface area contributed by atoms with E-state index in [2.05, 4.69) is 82.2 Å². The molecule has 59 heavy (non-hydrogen) atoms. The molecule has 306 valence electrons. The van der Waals surface area contributed by atoms with Gasteiger partial charge in [-0.25, -0.2) is 4.98 Å². The van der Waals surface area contributed by atoms with E-state index in [4.69, 9.17) is 9.62 Å². The van der Waals surface area contributed by atoms with Crippen LogP contribution in [0, 0.1) is 20.8 Å². The minimum atomic E-state index is -0.411. The van der Waals surface area contributed by atoms with E-state index in [1.807, 2.05) is 71.5 Å². The highest BCUT2D eigenvalue weighted by Crippen LogP contribution is 2.33. The zero-order valence-corrected chi connectivity index (χ0v) is 34.7. The number of hydrogen-bond donors (Lipinski definition) is 3. The second kappa shape index (κ2) is 15.9. The molecular weight excluding hydrogens is 747 g/mol. The van der Waals surface area contributed by atoms with Crippen molar-refractivity contribution >= 4 is 34.4 Å². The lowest BCUT2D eigenvalue weighted by molar-refractivity contribution is -0.134. The number of aromatic amines is 1. The first-order chi connectivity index (χ1) is 28.2. The van der Waals surface area contributed by atoms with Gasteiger partial charge in [-0.05, 0) is 75.1 Å². The Bertz CT molecular complexity index is 2540. The highest BCUT2D eigenvalue weighted by atomic mass is 16.5. The van der Waals surface area contributed by atoms with Gasteiger partial charge in [0.1, 0.15) is 0 Å². The van der Waals surface area contributed by atoms with Crippen LogP contribution in [0.4, 0.5) is 5.69 Å². The monoisotopic (exact) mass is 797 g/mol. The zero-order valence-electron chi connectivity index (χ0n) is 34.7. The summed E-state index contributed by atoms with van der Waals surface area (Å²) >= 11 is 0. The molecule has 8 rings (SSSR count). The maximum Gasteiger partial charge on any atom is 0.315 e. The molecule has 0 bridgehead atoms. The summed E-state index contributed by atoms with van der Waals surface area (Å²) < 4.78 is 7.26. The fourth-order valence-corrected chi connectivity index (χ4v) is 8.28. The van der Waals surface area contributed by atoms with E-state index in [0.717, 1.165) is 95.1 Å². The van der Waals surface area contributed by atoms with E-state index in [1.54, 1.807) is 0 Å². The summed E-state index contributed by atoms with van der Waals surface area (Å²) in [7, 11) is 0. The number of imide groups is 1. The van der Waals surface area contributed by atoms with E-state index in [-0.39, 0.29) is 35.1 Å². The summed E-state index contributed by atoms with van der Waals surface area (Å²) in [5.74, 6) is -0.717. The first kappa shape index (κ1) is 39.6. The normalized spacial score (nSPS) is 17.1. The molecule has 4 aromatic heterocycles. The van der Waals surface area contributed by atoms with Crippen LogP contribution in [0.2, 0.25) is 0 Å². The van der Waals surface area contributed by atoms with Gasteiger partial charge in [-0.1, -0.05) is 50.2 Å². The number of carbonyl (C=O) groups is 3. The number of piperidine rings is 1. The number of rotatable bonds is 10. The van der Waals surface area contributed by atoms with Crippen LogP contribution in [0.1, 0.15) is 97.1 Å². The third kappa shape index (κ3) is 8.11. The van der Waals surface area contributed by atoms with Crippen LogP contribution < -0.4 is 15.5 Å². The number of fused-ring (bicyclic) bond motifs is 1. The largest absolute Gasteiger partial charge is 0.369 e. The van der Waals surface area contributed by atoms with Crippen molar-refractivity contribution in [3.63, 3.8) is 0 Å². The topological polar surface area (TPSA) is 180 Å². The fraction of sp³-hybridized carbons (Fsp3) is 0.409. The van der Waals surface area contributed by atoms with Gasteiger partial charge in [0, 0.05) is 84.2 Å². The van der Waals surface area contributed by atoms with Gasteiger partial charge in [-0.2, -0.15) is 15.2 Å². The molecule has 2 aliphatic rings. The van der Waals surface area contributed by atoms with Gasteiger partial charge >= 0.3 is 11.8 Å². The predicted molar refractivity (Wildman–Crippen MR) is 224 cm³/mol. The van der Waals surface area contributed by atoms with Crippen molar-refractivity contribution in [2.45, 2.75) is 85.2 Å². The van der Waals surface area contributed by atoms with Crippen LogP contribution in [-0.4, -0.2) is 90.4 Å². The number of anilines is 1. The van der Waals surface area contributed by atoms with Crippen molar-refractivity contribution in [3.8, 4) is 22.4 Å². The summed E-state index contributed by atoms with van der Waals surface area (Å²) in [6.45, 7) is 19.2. The highest BCUT2D eigenvalue weighted by molar-refractivity contribution is 6.01. The molecule has 3 N–H and O–H groups in total. The van der Waals surface area contributed by atoms with Crippen molar-refractivity contribution in [2.75, 3.05) is 37.6 Å². The van der Waals surface area contributed by atoms with Gasteiger partial charge in [0.25, 0.3) is 0 Å². The second-order valence-electron chi connectivity index (χ2n) is 16.8. The smallest absolute Gasteiger partial charge is 0.315 e. The minimum Gasteiger partial charge on any atom is -0.369 e. The zero-order chi connectivity index (χ0) is 41.6. The summed E-state index contributed by atoms with van der Waals surface area (Å²) in [4.78, 5) is 51.0. The standard InChI is InChI=1S/C44H51N11O4/c1-25-22-30(10-13-33(25)26(2)46-41(58)42-48-43(52-59-42)44(5,6)7)38-35-23-31(24-45-39(35)50-49-38)29-8-11-32(12-9-29)54-19-16-53(17-20-54)18-21-55-28(4)37(27(3)51-55)34-14-15-36(56)47-40(34)57/h8-13,22-24,26,34H,14-21H2,1-7H3,(H,46,58)(H,45,49,50)(H,47,56,57)/t26-,34?/m1/s1. The fourth-order valence-electron chi connectivity index (χ4n) is 8.28. The molecule has 15 nitrogen and oxygen atoms in total. The van der Waals surface area contributed by atoms with Gasteiger partial charge in [0.05, 0.1) is 29.9 Å². The van der Waals surface area contributed by atoms with Crippen LogP contribution in [0.5, 0.6) is 0 Å². The maximum absolute atomic E-state index is 12.9. The number of benzene rings is 2. The van der Waals surface area contributed by atoms with Crippen molar-refractivity contribution in [3.05, 3.63) is 94.5 Å². The maximum atomic E-state index is 12.9. The lowest BCUT2D eigenvalue weighted by atomic mass is 9.89. The van der Waals surface area contributed by atoms with Gasteiger partial charge in [0.2, 0.25) is 11.8 Å². The first-order valence-electron chi connectivity index (χ1n) is 20.3. The number of pyridine rings is 1. The minimum absolute atomic E-state index is 0.0503. The first-order valence-corrected chi connectivity index (χ1v) is 20.3. The molecule has 6 heterocycles. The third-order valence-corrected chi connectivity index (χ3v) is 11.7. The number of piperazine rings is 1. The summed E-state index contributed by atoms with van der Waals surface area (Å²) in [6.07, 6.45) is 2.76. The van der Waals surface area contributed by atoms with Crippen molar-refractivity contribution in [2.24, 2.45) is 0 Å². The van der Waals surface area contributed by atoms with E-state index >= 15 is 0 Å². The molecule has 2 fully saturated rings. The van der Waals surface area contributed by atoms with E-state index in [1.165, 1.54) is 5.69 Å². The van der Waals surface area contributed by atoms with Gasteiger partial charge in [-0.15, -0.1) is 0 Å². The van der Waals surface area contributed by atoms with E-state index < -0.39 is 5.91 Å². The lowest BCUT2D eigenvalue weighted by Crippen LogP contribution is -2.47. The molecule has 0 radical (unpaired) electrons. The number of hydrogen-bond acceptors (Lipinski definition) is 11. The molecule has 0 aliphatic carbocycles. The summed E-state index contributed by atoms with van der Waals surface area (Å²) in [6, 6.07) is 16.7. The second-order valence-corrected chi connectivity index (χ2v) is 16.8. The van der Waals surface area contributed by atoms with Crippen LogP contribution in [0.15, 0.2) is 59.3 Å². The average Bonchev–Trinajstić information content (AvgIpc) is 3.95. The van der Waals surface area contributed by atoms with Crippen molar-refractivity contribution in [1.29, 1.82) is 0 Å². The predicted octanol–water partition coefficient (Wildman–Crippen LogP) is 5.93. The Hall–Kier alpha value is -6.22. The Morgan fingerprint density at radius 1 is 0.966 bits per heavy atom. The Labute approximate surface area is 343 Å². The molecule has 2 saturated heterocycles. The van der Waals surface area contributed by atoms with Crippen molar-refractivity contribution in [1.82, 2.24) is 50.6 Å². The van der Waals surface area contributed by atoms with Gasteiger partial charge in [-0.3, -0.25) is 34.4 Å². The SMILES string of the molecule is Cc1cc(-c2[nH]nc3ncc(-c4ccc(N5CCN(CCn6nc(C)c(C7CCC(=O)NC7=O)c6C)CC5)cc4)cc23)ccc1[C@@H](C)NC(=O)c1nc(C(C)(C)C)no1.